The number of nitrogens with one attached hydrogen (secondary N) is 1. The molecule has 0 heterocycles. The van der Waals surface area contributed by atoms with E-state index in [0.717, 1.165) is 19.4 Å². The van der Waals surface area contributed by atoms with E-state index in [1.165, 1.54) is 12.8 Å². The van der Waals surface area contributed by atoms with Crippen LogP contribution in [0.2, 0.25) is 0 Å². The molecule has 0 spiro atoms. The van der Waals surface area contributed by atoms with E-state index in [2.05, 4.69) is 37.1 Å². The first kappa shape index (κ1) is 16.0. The minimum Gasteiger partial charge on any atom is -0.352 e. The van der Waals surface area contributed by atoms with Crippen LogP contribution in [0, 0.1) is 16.7 Å². The standard InChI is InChI=1S/C15H27N3O/c1-15(2,3)12-18(10-6-9-16)11-14(19)17-13-7-4-5-8-13/h13H,4-8,10-12H2,1-3H3,(H,17,19). The van der Waals surface area contributed by atoms with Crippen molar-refractivity contribution in [2.45, 2.75) is 58.9 Å². The molecule has 0 bridgehead atoms. The molecule has 0 aromatic rings. The first-order valence-corrected chi connectivity index (χ1v) is 7.29. The Morgan fingerprint density at radius 2 is 2.00 bits per heavy atom. The molecule has 0 radical (unpaired) electrons. The smallest absolute Gasteiger partial charge is 0.234 e. The maximum absolute atomic E-state index is 12.0. The van der Waals surface area contributed by atoms with Crippen molar-refractivity contribution in [2.24, 2.45) is 5.41 Å². The van der Waals surface area contributed by atoms with Gasteiger partial charge in [-0.2, -0.15) is 5.26 Å². The maximum atomic E-state index is 12.0. The van der Waals surface area contributed by atoms with Gasteiger partial charge in [-0.25, -0.2) is 0 Å². The third-order valence-corrected chi connectivity index (χ3v) is 3.33. The molecule has 1 rings (SSSR count). The highest BCUT2D eigenvalue weighted by molar-refractivity contribution is 5.78. The van der Waals surface area contributed by atoms with Crippen molar-refractivity contribution in [1.82, 2.24) is 10.2 Å². The molecule has 0 saturated heterocycles. The number of hydrogen-bond acceptors (Lipinski definition) is 3. The zero-order valence-electron chi connectivity index (χ0n) is 12.5. The van der Waals surface area contributed by atoms with Crippen LogP contribution < -0.4 is 5.32 Å². The van der Waals surface area contributed by atoms with Crippen LogP contribution in [0.4, 0.5) is 0 Å². The van der Waals surface area contributed by atoms with Crippen LogP contribution in [0.3, 0.4) is 0 Å². The van der Waals surface area contributed by atoms with Crippen molar-refractivity contribution >= 4 is 5.91 Å². The molecule has 0 atom stereocenters. The van der Waals surface area contributed by atoms with Gasteiger partial charge in [0.2, 0.25) is 5.91 Å². The molecule has 19 heavy (non-hydrogen) atoms. The molecule has 4 heteroatoms. The summed E-state index contributed by atoms with van der Waals surface area (Å²) >= 11 is 0. The lowest BCUT2D eigenvalue weighted by Gasteiger charge is -2.29. The average Bonchev–Trinajstić information content (AvgIpc) is 2.76. The van der Waals surface area contributed by atoms with Crippen LogP contribution >= 0.6 is 0 Å². The van der Waals surface area contributed by atoms with Crippen LogP contribution in [0.5, 0.6) is 0 Å². The Morgan fingerprint density at radius 1 is 1.37 bits per heavy atom. The molecule has 1 saturated carbocycles. The highest BCUT2D eigenvalue weighted by Crippen LogP contribution is 2.18. The van der Waals surface area contributed by atoms with Gasteiger partial charge in [-0.05, 0) is 18.3 Å². The molecule has 1 aliphatic rings. The predicted octanol–water partition coefficient (Wildman–Crippen LogP) is 2.31. The van der Waals surface area contributed by atoms with Gasteiger partial charge in [-0.3, -0.25) is 9.69 Å². The highest BCUT2D eigenvalue weighted by atomic mass is 16.2. The lowest BCUT2D eigenvalue weighted by atomic mass is 9.96. The third-order valence-electron chi connectivity index (χ3n) is 3.33. The van der Waals surface area contributed by atoms with E-state index >= 15 is 0 Å². The SMILES string of the molecule is CC(C)(C)CN(CCC#N)CC(=O)NC1CCCC1. The van der Waals surface area contributed by atoms with E-state index in [0.29, 0.717) is 25.6 Å². The second kappa shape index (κ2) is 7.49. The Balaban J connectivity index is 2.41. The molecule has 0 aromatic heterocycles. The highest BCUT2D eigenvalue weighted by Gasteiger charge is 2.21. The molecule has 1 fully saturated rings. The van der Waals surface area contributed by atoms with E-state index in [9.17, 15) is 4.79 Å². The molecular weight excluding hydrogens is 238 g/mol. The summed E-state index contributed by atoms with van der Waals surface area (Å²) in [5.41, 5.74) is 0.142. The minimum atomic E-state index is 0.106. The monoisotopic (exact) mass is 265 g/mol. The lowest BCUT2D eigenvalue weighted by molar-refractivity contribution is -0.123. The summed E-state index contributed by atoms with van der Waals surface area (Å²) in [5, 5.41) is 11.8. The molecule has 108 valence electrons. The fourth-order valence-electron chi connectivity index (χ4n) is 2.64. The number of rotatable bonds is 6. The Labute approximate surface area is 117 Å². The summed E-state index contributed by atoms with van der Waals surface area (Å²) in [6, 6.07) is 2.53. The summed E-state index contributed by atoms with van der Waals surface area (Å²) < 4.78 is 0. The Bertz CT molecular complexity index is 321. The topological polar surface area (TPSA) is 56.1 Å². The van der Waals surface area contributed by atoms with Gasteiger partial charge in [0.05, 0.1) is 12.6 Å². The van der Waals surface area contributed by atoms with Gasteiger partial charge < -0.3 is 5.32 Å². The molecule has 1 N–H and O–H groups in total. The predicted molar refractivity (Wildman–Crippen MR) is 76.5 cm³/mol. The fraction of sp³-hybridized carbons (Fsp3) is 0.867. The van der Waals surface area contributed by atoms with Gasteiger partial charge in [0.25, 0.3) is 0 Å². The van der Waals surface area contributed by atoms with Gasteiger partial charge in [-0.1, -0.05) is 33.6 Å². The van der Waals surface area contributed by atoms with Gasteiger partial charge >= 0.3 is 0 Å². The first-order chi connectivity index (χ1) is 8.90. The van der Waals surface area contributed by atoms with E-state index in [1.807, 2.05) is 0 Å². The van der Waals surface area contributed by atoms with Gasteiger partial charge in [-0.15, -0.1) is 0 Å². The van der Waals surface area contributed by atoms with Crippen molar-refractivity contribution in [1.29, 1.82) is 5.26 Å². The second-order valence-corrected chi connectivity index (χ2v) is 6.73. The van der Waals surface area contributed by atoms with Crippen molar-refractivity contribution in [3.63, 3.8) is 0 Å². The Morgan fingerprint density at radius 3 is 2.53 bits per heavy atom. The van der Waals surface area contributed by atoms with Gasteiger partial charge in [0, 0.05) is 25.6 Å². The van der Waals surface area contributed by atoms with Crippen LogP contribution in [0.1, 0.15) is 52.9 Å². The summed E-state index contributed by atoms with van der Waals surface area (Å²) in [6.07, 6.45) is 5.16. The van der Waals surface area contributed by atoms with Gasteiger partial charge in [0.15, 0.2) is 0 Å². The summed E-state index contributed by atoms with van der Waals surface area (Å²) in [4.78, 5) is 14.1. The fourth-order valence-corrected chi connectivity index (χ4v) is 2.64. The van der Waals surface area contributed by atoms with Crippen LogP contribution in [0.15, 0.2) is 0 Å². The number of carbonyl (C=O) groups excluding carboxylic acids is 1. The van der Waals surface area contributed by atoms with E-state index in [-0.39, 0.29) is 11.3 Å². The van der Waals surface area contributed by atoms with E-state index in [1.54, 1.807) is 0 Å². The lowest BCUT2D eigenvalue weighted by Crippen LogP contribution is -2.44. The van der Waals surface area contributed by atoms with Crippen molar-refractivity contribution < 1.29 is 4.79 Å². The second-order valence-electron chi connectivity index (χ2n) is 6.73. The first-order valence-electron chi connectivity index (χ1n) is 7.29. The van der Waals surface area contributed by atoms with Crippen LogP contribution in [0.25, 0.3) is 0 Å². The normalized spacial score (nSPS) is 16.6. The molecule has 1 aliphatic carbocycles. The van der Waals surface area contributed by atoms with Gasteiger partial charge in [0.1, 0.15) is 0 Å². The molecular formula is C15H27N3O. The van der Waals surface area contributed by atoms with Crippen LogP contribution in [-0.2, 0) is 4.79 Å². The maximum Gasteiger partial charge on any atom is 0.234 e. The Hall–Kier alpha value is -1.08. The zero-order valence-corrected chi connectivity index (χ0v) is 12.5. The van der Waals surface area contributed by atoms with Crippen molar-refractivity contribution in [3.05, 3.63) is 0 Å². The number of amides is 1. The van der Waals surface area contributed by atoms with E-state index < -0.39 is 0 Å². The number of nitrogens with zero attached hydrogens (tertiary/aromatic N) is 2. The molecule has 0 unspecified atom stereocenters. The quantitative estimate of drug-likeness (QED) is 0.801. The summed E-state index contributed by atoms with van der Waals surface area (Å²) in [6.45, 7) is 8.39. The van der Waals surface area contributed by atoms with Crippen LogP contribution in [-0.4, -0.2) is 36.5 Å². The molecule has 1 amide bonds. The average molecular weight is 265 g/mol. The minimum absolute atomic E-state index is 0.106. The number of nitriles is 1. The van der Waals surface area contributed by atoms with Crippen molar-refractivity contribution in [2.75, 3.05) is 19.6 Å². The third kappa shape index (κ3) is 7.17. The zero-order chi connectivity index (χ0) is 14.3. The number of hydrogen-bond donors (Lipinski definition) is 1. The van der Waals surface area contributed by atoms with E-state index in [4.69, 9.17) is 5.26 Å². The summed E-state index contributed by atoms with van der Waals surface area (Å²) in [5.74, 6) is 0.106. The number of carbonyl (C=O) groups is 1. The van der Waals surface area contributed by atoms with Crippen molar-refractivity contribution in [3.8, 4) is 6.07 Å². The largest absolute Gasteiger partial charge is 0.352 e. The molecule has 0 aliphatic heterocycles. The summed E-state index contributed by atoms with van der Waals surface area (Å²) in [7, 11) is 0. The Kier molecular flexibility index (Phi) is 6.30. The molecule has 4 nitrogen and oxygen atoms in total. The molecule has 0 aromatic carbocycles.